The summed E-state index contributed by atoms with van der Waals surface area (Å²) < 4.78 is 6.04. The second-order valence-electron chi connectivity index (χ2n) is 5.40. The van der Waals surface area contributed by atoms with Gasteiger partial charge in [0.05, 0.1) is 6.10 Å². The average molecular weight is 282 g/mol. The zero-order valence-corrected chi connectivity index (χ0v) is 12.7. The Hall–Kier alpha value is -0.570. The van der Waals surface area contributed by atoms with Gasteiger partial charge in [-0.3, -0.25) is 0 Å². The molecule has 1 aromatic rings. The van der Waals surface area contributed by atoms with Crippen molar-refractivity contribution in [2.24, 2.45) is 5.92 Å². The summed E-state index contributed by atoms with van der Waals surface area (Å²) in [6.45, 7) is 7.32. The molecule has 106 valence electrons. The quantitative estimate of drug-likeness (QED) is 0.820. The second kappa shape index (κ2) is 7.28. The molecule has 0 amide bonds. The van der Waals surface area contributed by atoms with Crippen LogP contribution in [0.2, 0.25) is 5.02 Å². The van der Waals surface area contributed by atoms with E-state index in [4.69, 9.17) is 16.3 Å². The van der Waals surface area contributed by atoms with Crippen LogP contribution in [-0.2, 0) is 4.74 Å². The third-order valence-corrected chi connectivity index (χ3v) is 4.05. The molecule has 1 saturated heterocycles. The van der Waals surface area contributed by atoms with Crippen molar-refractivity contribution in [3.63, 3.8) is 0 Å². The molecule has 0 aromatic heterocycles. The molecule has 1 aliphatic rings. The van der Waals surface area contributed by atoms with E-state index in [0.717, 1.165) is 24.7 Å². The van der Waals surface area contributed by atoms with Gasteiger partial charge < -0.3 is 10.1 Å². The molecule has 1 aromatic carbocycles. The Balaban J connectivity index is 2.09. The number of hydrogen-bond donors (Lipinski definition) is 1. The minimum absolute atomic E-state index is 0.218. The zero-order valence-electron chi connectivity index (χ0n) is 11.9. The molecule has 1 fully saturated rings. The first kappa shape index (κ1) is 14.8. The molecule has 2 nitrogen and oxygen atoms in total. The van der Waals surface area contributed by atoms with Crippen LogP contribution < -0.4 is 5.32 Å². The predicted octanol–water partition coefficient (Wildman–Crippen LogP) is 4.12. The number of ether oxygens (including phenoxy) is 1. The summed E-state index contributed by atoms with van der Waals surface area (Å²) in [7, 11) is 0. The van der Waals surface area contributed by atoms with Crippen LogP contribution in [0.15, 0.2) is 18.2 Å². The fourth-order valence-corrected chi connectivity index (χ4v) is 3.05. The van der Waals surface area contributed by atoms with E-state index in [1.165, 1.54) is 30.4 Å². The van der Waals surface area contributed by atoms with Crippen LogP contribution in [0.5, 0.6) is 0 Å². The molecule has 19 heavy (non-hydrogen) atoms. The van der Waals surface area contributed by atoms with Crippen molar-refractivity contribution in [2.45, 2.75) is 39.2 Å². The molecule has 0 radical (unpaired) electrons. The standard InChI is InChI=1S/C16H24ClNO/c1-3-8-18-11-13-5-4-9-19-16(13)15-7-6-14(17)10-12(15)2/h6-7,10,13,16,18H,3-5,8-9,11H2,1-2H3. The van der Waals surface area contributed by atoms with E-state index in [2.05, 4.69) is 25.2 Å². The Labute approximate surface area is 121 Å². The molecule has 0 spiro atoms. The molecular formula is C16H24ClNO. The molecule has 2 atom stereocenters. The first-order valence-electron chi connectivity index (χ1n) is 7.30. The van der Waals surface area contributed by atoms with Crippen LogP contribution in [0, 0.1) is 12.8 Å². The topological polar surface area (TPSA) is 21.3 Å². The number of benzene rings is 1. The molecule has 1 heterocycles. The van der Waals surface area contributed by atoms with Gasteiger partial charge in [-0.1, -0.05) is 24.6 Å². The van der Waals surface area contributed by atoms with Crippen molar-refractivity contribution in [3.8, 4) is 0 Å². The lowest BCUT2D eigenvalue weighted by atomic mass is 9.87. The van der Waals surface area contributed by atoms with E-state index in [1.54, 1.807) is 0 Å². The van der Waals surface area contributed by atoms with Crippen molar-refractivity contribution >= 4 is 11.6 Å². The molecule has 1 N–H and O–H groups in total. The highest BCUT2D eigenvalue weighted by Crippen LogP contribution is 2.35. The van der Waals surface area contributed by atoms with Gasteiger partial charge in [0, 0.05) is 24.1 Å². The van der Waals surface area contributed by atoms with Gasteiger partial charge in [0.25, 0.3) is 0 Å². The number of nitrogens with one attached hydrogen (secondary N) is 1. The molecule has 0 bridgehead atoms. The van der Waals surface area contributed by atoms with E-state index in [0.29, 0.717) is 5.92 Å². The Morgan fingerprint density at radius 1 is 1.42 bits per heavy atom. The molecule has 1 aliphatic heterocycles. The Morgan fingerprint density at radius 3 is 3.00 bits per heavy atom. The highest BCUT2D eigenvalue weighted by molar-refractivity contribution is 6.30. The van der Waals surface area contributed by atoms with Gasteiger partial charge in [-0.05, 0) is 56.0 Å². The van der Waals surface area contributed by atoms with E-state index in [-0.39, 0.29) is 6.10 Å². The maximum Gasteiger partial charge on any atom is 0.0867 e. The van der Waals surface area contributed by atoms with E-state index >= 15 is 0 Å². The smallest absolute Gasteiger partial charge is 0.0867 e. The van der Waals surface area contributed by atoms with Gasteiger partial charge >= 0.3 is 0 Å². The summed E-state index contributed by atoms with van der Waals surface area (Å²) in [6, 6.07) is 6.13. The SMILES string of the molecule is CCCNCC1CCCOC1c1ccc(Cl)cc1C. The predicted molar refractivity (Wildman–Crippen MR) is 80.8 cm³/mol. The molecular weight excluding hydrogens is 258 g/mol. The van der Waals surface area contributed by atoms with Crippen molar-refractivity contribution in [2.75, 3.05) is 19.7 Å². The minimum atomic E-state index is 0.218. The highest BCUT2D eigenvalue weighted by atomic mass is 35.5. The Bertz CT molecular complexity index is 408. The summed E-state index contributed by atoms with van der Waals surface area (Å²) in [5.41, 5.74) is 2.53. The van der Waals surface area contributed by atoms with Crippen LogP contribution in [0.1, 0.15) is 43.4 Å². The monoisotopic (exact) mass is 281 g/mol. The molecule has 3 heteroatoms. The van der Waals surface area contributed by atoms with E-state index < -0.39 is 0 Å². The number of aryl methyl sites for hydroxylation is 1. The van der Waals surface area contributed by atoms with Crippen molar-refractivity contribution in [3.05, 3.63) is 34.3 Å². The summed E-state index contributed by atoms with van der Waals surface area (Å²) in [6.07, 6.45) is 3.80. The van der Waals surface area contributed by atoms with Crippen molar-refractivity contribution in [1.29, 1.82) is 0 Å². The lowest BCUT2D eigenvalue weighted by molar-refractivity contribution is -0.0280. The zero-order chi connectivity index (χ0) is 13.7. The molecule has 0 aliphatic carbocycles. The van der Waals surface area contributed by atoms with Gasteiger partial charge in [-0.2, -0.15) is 0 Å². The van der Waals surface area contributed by atoms with Gasteiger partial charge in [0.2, 0.25) is 0 Å². The first-order chi connectivity index (χ1) is 9.22. The summed E-state index contributed by atoms with van der Waals surface area (Å²) >= 11 is 6.04. The number of hydrogen-bond acceptors (Lipinski definition) is 2. The second-order valence-corrected chi connectivity index (χ2v) is 5.84. The number of rotatable bonds is 5. The normalized spacial score (nSPS) is 23.5. The van der Waals surface area contributed by atoms with E-state index in [1.807, 2.05) is 12.1 Å². The Kier molecular flexibility index (Phi) is 5.68. The fourth-order valence-electron chi connectivity index (χ4n) is 2.82. The number of halogens is 1. The average Bonchev–Trinajstić information content (AvgIpc) is 2.40. The van der Waals surface area contributed by atoms with Crippen molar-refractivity contribution < 1.29 is 4.74 Å². The van der Waals surface area contributed by atoms with Gasteiger partial charge in [-0.25, -0.2) is 0 Å². The minimum Gasteiger partial charge on any atom is -0.373 e. The molecule has 2 rings (SSSR count). The Morgan fingerprint density at radius 2 is 2.26 bits per heavy atom. The molecule has 2 unspecified atom stereocenters. The van der Waals surface area contributed by atoms with Crippen LogP contribution in [0.3, 0.4) is 0 Å². The highest BCUT2D eigenvalue weighted by Gasteiger charge is 2.28. The maximum atomic E-state index is 6.04. The van der Waals surface area contributed by atoms with Crippen LogP contribution in [0.25, 0.3) is 0 Å². The van der Waals surface area contributed by atoms with Crippen molar-refractivity contribution in [1.82, 2.24) is 5.32 Å². The lowest BCUT2D eigenvalue weighted by Crippen LogP contribution is -2.32. The largest absolute Gasteiger partial charge is 0.373 e. The van der Waals surface area contributed by atoms with Gasteiger partial charge in [0.15, 0.2) is 0 Å². The lowest BCUT2D eigenvalue weighted by Gasteiger charge is -2.33. The van der Waals surface area contributed by atoms with E-state index in [9.17, 15) is 0 Å². The fraction of sp³-hybridized carbons (Fsp3) is 0.625. The first-order valence-corrected chi connectivity index (χ1v) is 7.68. The third-order valence-electron chi connectivity index (χ3n) is 3.82. The van der Waals surface area contributed by atoms with Crippen LogP contribution in [0.4, 0.5) is 0 Å². The summed E-state index contributed by atoms with van der Waals surface area (Å²) in [5.74, 6) is 0.570. The van der Waals surface area contributed by atoms with Gasteiger partial charge in [-0.15, -0.1) is 0 Å². The third kappa shape index (κ3) is 3.95. The molecule has 0 saturated carbocycles. The van der Waals surface area contributed by atoms with Crippen LogP contribution in [-0.4, -0.2) is 19.7 Å². The van der Waals surface area contributed by atoms with Crippen LogP contribution >= 0.6 is 11.6 Å². The van der Waals surface area contributed by atoms with Gasteiger partial charge in [0.1, 0.15) is 0 Å². The maximum absolute atomic E-state index is 6.04. The summed E-state index contributed by atoms with van der Waals surface area (Å²) in [4.78, 5) is 0. The summed E-state index contributed by atoms with van der Waals surface area (Å²) in [5, 5.41) is 4.33.